The van der Waals surface area contributed by atoms with Crippen LogP contribution in [0, 0.1) is 13.8 Å². The number of pyridine rings is 1. The molecule has 1 heterocycles. The van der Waals surface area contributed by atoms with E-state index in [2.05, 4.69) is 55.2 Å². The molecule has 1 nitrogen and oxygen atoms in total. The zero-order valence-electron chi connectivity index (χ0n) is 10.6. The van der Waals surface area contributed by atoms with E-state index in [0.717, 1.165) is 0 Å². The van der Waals surface area contributed by atoms with E-state index >= 15 is 0 Å². The van der Waals surface area contributed by atoms with E-state index in [0.29, 0.717) is 0 Å². The minimum absolute atomic E-state index is 1.19. The van der Waals surface area contributed by atoms with Crippen LogP contribution in [-0.4, -0.2) is 4.98 Å². The highest BCUT2D eigenvalue weighted by Crippen LogP contribution is 2.27. The molecular weight excluding hydrogens is 218 g/mol. The zero-order chi connectivity index (χ0) is 12.5. The van der Waals surface area contributed by atoms with Crippen molar-refractivity contribution in [2.75, 3.05) is 0 Å². The second-order valence-corrected chi connectivity index (χ2v) is 4.76. The molecule has 0 aliphatic heterocycles. The Morgan fingerprint density at radius 2 is 1.72 bits per heavy atom. The maximum absolute atomic E-state index is 4.18. The van der Waals surface area contributed by atoms with Crippen LogP contribution in [0.1, 0.15) is 11.1 Å². The van der Waals surface area contributed by atoms with Gasteiger partial charge in [-0.15, -0.1) is 0 Å². The van der Waals surface area contributed by atoms with Crippen LogP contribution in [0.2, 0.25) is 0 Å². The number of hydrogen-bond acceptors (Lipinski definition) is 1. The molecule has 2 aromatic carbocycles. The molecule has 0 amide bonds. The minimum atomic E-state index is 1.19. The van der Waals surface area contributed by atoms with Crippen molar-refractivity contribution in [2.45, 2.75) is 13.8 Å². The average Bonchev–Trinajstić information content (AvgIpc) is 2.38. The lowest BCUT2D eigenvalue weighted by Crippen LogP contribution is -1.85. The molecule has 3 aromatic rings. The van der Waals surface area contributed by atoms with E-state index in [1.807, 2.05) is 18.5 Å². The van der Waals surface area contributed by atoms with Gasteiger partial charge in [0.2, 0.25) is 0 Å². The minimum Gasteiger partial charge on any atom is -0.264 e. The number of fused-ring (bicyclic) bond motifs is 1. The van der Waals surface area contributed by atoms with Gasteiger partial charge in [-0.2, -0.15) is 0 Å². The Morgan fingerprint density at radius 1 is 0.833 bits per heavy atom. The van der Waals surface area contributed by atoms with Crippen molar-refractivity contribution in [3.63, 3.8) is 0 Å². The first-order chi connectivity index (χ1) is 8.74. The van der Waals surface area contributed by atoms with Gasteiger partial charge in [-0.25, -0.2) is 0 Å². The fourth-order valence-electron chi connectivity index (χ4n) is 2.39. The van der Waals surface area contributed by atoms with Crippen LogP contribution in [0.5, 0.6) is 0 Å². The highest BCUT2D eigenvalue weighted by Gasteiger charge is 2.03. The lowest BCUT2D eigenvalue weighted by atomic mass is 9.97. The lowest BCUT2D eigenvalue weighted by molar-refractivity contribution is 1.36. The number of hydrogen-bond donors (Lipinski definition) is 0. The smallest absolute Gasteiger partial charge is 0.0346 e. The zero-order valence-corrected chi connectivity index (χ0v) is 10.6. The Balaban J connectivity index is 2.19. The summed E-state index contributed by atoms with van der Waals surface area (Å²) in [7, 11) is 0. The number of aryl methyl sites for hydroxylation is 2. The summed E-state index contributed by atoms with van der Waals surface area (Å²) in [6.07, 6.45) is 3.75. The maximum atomic E-state index is 4.18. The first-order valence-corrected chi connectivity index (χ1v) is 6.15. The summed E-state index contributed by atoms with van der Waals surface area (Å²) in [5.41, 5.74) is 5.18. The topological polar surface area (TPSA) is 12.9 Å². The molecule has 0 fully saturated rings. The lowest BCUT2D eigenvalue weighted by Gasteiger charge is -2.08. The molecule has 0 saturated heterocycles. The summed E-state index contributed by atoms with van der Waals surface area (Å²) in [4.78, 5) is 4.18. The van der Waals surface area contributed by atoms with Crippen LogP contribution in [0.15, 0.2) is 54.9 Å². The molecule has 0 unspecified atom stereocenters. The summed E-state index contributed by atoms with van der Waals surface area (Å²) >= 11 is 0. The number of aromatic nitrogens is 1. The average molecular weight is 233 g/mol. The molecular formula is C17H15N. The van der Waals surface area contributed by atoms with Crippen molar-refractivity contribution in [2.24, 2.45) is 0 Å². The second kappa shape index (κ2) is 4.26. The van der Waals surface area contributed by atoms with E-state index in [-0.39, 0.29) is 0 Å². The van der Waals surface area contributed by atoms with Gasteiger partial charge in [0.05, 0.1) is 0 Å². The van der Waals surface area contributed by atoms with Crippen LogP contribution < -0.4 is 0 Å². The molecule has 1 aromatic heterocycles. The fraction of sp³-hybridized carbons (Fsp3) is 0.118. The summed E-state index contributed by atoms with van der Waals surface area (Å²) in [5.74, 6) is 0. The molecule has 18 heavy (non-hydrogen) atoms. The SMILES string of the molecule is Cc1ccc(-c2ccc3ccncc3c2)c(C)c1. The first kappa shape index (κ1) is 11.0. The molecule has 88 valence electrons. The van der Waals surface area contributed by atoms with Crippen molar-refractivity contribution >= 4 is 10.8 Å². The molecule has 0 aliphatic carbocycles. The fourth-order valence-corrected chi connectivity index (χ4v) is 2.39. The van der Waals surface area contributed by atoms with Crippen molar-refractivity contribution in [3.8, 4) is 11.1 Å². The van der Waals surface area contributed by atoms with Crippen molar-refractivity contribution < 1.29 is 0 Å². The van der Waals surface area contributed by atoms with E-state index in [4.69, 9.17) is 0 Å². The van der Waals surface area contributed by atoms with Gasteiger partial charge < -0.3 is 0 Å². The third-order valence-corrected chi connectivity index (χ3v) is 3.33. The van der Waals surface area contributed by atoms with Crippen LogP contribution in [0.3, 0.4) is 0 Å². The molecule has 0 bridgehead atoms. The van der Waals surface area contributed by atoms with E-state index < -0.39 is 0 Å². The molecule has 0 spiro atoms. The number of benzene rings is 2. The Kier molecular flexibility index (Phi) is 2.60. The van der Waals surface area contributed by atoms with Crippen molar-refractivity contribution in [3.05, 3.63) is 66.0 Å². The first-order valence-electron chi connectivity index (χ1n) is 6.15. The summed E-state index contributed by atoms with van der Waals surface area (Å²) in [5, 5.41) is 2.42. The Hall–Kier alpha value is -2.15. The van der Waals surface area contributed by atoms with E-state index in [9.17, 15) is 0 Å². The summed E-state index contributed by atoms with van der Waals surface area (Å²) in [6.45, 7) is 4.29. The third kappa shape index (κ3) is 1.88. The molecule has 0 aliphatic rings. The maximum Gasteiger partial charge on any atom is 0.0346 e. The molecule has 0 N–H and O–H groups in total. The van der Waals surface area contributed by atoms with Gasteiger partial charge in [-0.05, 0) is 48.1 Å². The van der Waals surface area contributed by atoms with Crippen LogP contribution in [0.4, 0.5) is 0 Å². The Bertz CT molecular complexity index is 714. The summed E-state index contributed by atoms with van der Waals surface area (Å²) in [6, 6.07) is 15.2. The van der Waals surface area contributed by atoms with Crippen LogP contribution >= 0.6 is 0 Å². The van der Waals surface area contributed by atoms with Gasteiger partial charge in [-0.3, -0.25) is 4.98 Å². The normalized spacial score (nSPS) is 10.8. The molecule has 0 radical (unpaired) electrons. The number of nitrogens with zero attached hydrogens (tertiary/aromatic N) is 1. The van der Waals surface area contributed by atoms with Crippen LogP contribution in [0.25, 0.3) is 21.9 Å². The van der Waals surface area contributed by atoms with Gasteiger partial charge in [0.15, 0.2) is 0 Å². The van der Waals surface area contributed by atoms with Crippen LogP contribution in [-0.2, 0) is 0 Å². The predicted octanol–water partition coefficient (Wildman–Crippen LogP) is 4.52. The molecule has 1 heteroatoms. The van der Waals surface area contributed by atoms with Crippen molar-refractivity contribution in [1.82, 2.24) is 4.98 Å². The Labute approximate surface area is 107 Å². The molecule has 0 atom stereocenters. The highest BCUT2D eigenvalue weighted by atomic mass is 14.6. The predicted molar refractivity (Wildman–Crippen MR) is 76.7 cm³/mol. The van der Waals surface area contributed by atoms with Gasteiger partial charge in [0.25, 0.3) is 0 Å². The second-order valence-electron chi connectivity index (χ2n) is 4.76. The van der Waals surface area contributed by atoms with Gasteiger partial charge in [0.1, 0.15) is 0 Å². The molecule has 3 rings (SSSR count). The summed E-state index contributed by atoms with van der Waals surface area (Å²) < 4.78 is 0. The van der Waals surface area contributed by atoms with Gasteiger partial charge in [-0.1, -0.05) is 35.9 Å². The van der Waals surface area contributed by atoms with E-state index in [1.165, 1.54) is 33.0 Å². The number of rotatable bonds is 1. The van der Waals surface area contributed by atoms with Gasteiger partial charge >= 0.3 is 0 Å². The van der Waals surface area contributed by atoms with Gasteiger partial charge in [0, 0.05) is 17.8 Å². The third-order valence-electron chi connectivity index (χ3n) is 3.33. The Morgan fingerprint density at radius 3 is 2.56 bits per heavy atom. The molecule has 0 saturated carbocycles. The largest absolute Gasteiger partial charge is 0.264 e. The monoisotopic (exact) mass is 233 g/mol. The quantitative estimate of drug-likeness (QED) is 0.602. The van der Waals surface area contributed by atoms with Crippen molar-refractivity contribution in [1.29, 1.82) is 0 Å². The van der Waals surface area contributed by atoms with E-state index in [1.54, 1.807) is 0 Å². The highest BCUT2D eigenvalue weighted by molar-refractivity contribution is 5.87. The standard InChI is InChI=1S/C17H15N/c1-12-3-6-17(13(2)9-12)15-5-4-14-7-8-18-11-16(14)10-15/h3-11H,1-2H3.